The lowest BCUT2D eigenvalue weighted by Crippen LogP contribution is -2.13. The van der Waals surface area contributed by atoms with Gasteiger partial charge in [-0.05, 0) is 55.2 Å². The lowest BCUT2D eigenvalue weighted by Gasteiger charge is -2.14. The third kappa shape index (κ3) is 4.35. The number of fused-ring (bicyclic) bond motifs is 2. The molecule has 1 aliphatic carbocycles. The molecule has 0 aliphatic heterocycles. The Hall–Kier alpha value is -4.11. The molecule has 3 aromatic heterocycles. The SMILES string of the molecule is CC(=O)O[C@H]1CC[C@@H](n2cc(-c3ccc(Nc4nc5cc(Cl)cc(C)c5o4)cc3)c3c(N)ncnc32)C1. The van der Waals surface area contributed by atoms with Crippen LogP contribution in [0.3, 0.4) is 0 Å². The van der Waals surface area contributed by atoms with Gasteiger partial charge in [0, 0.05) is 41.9 Å². The van der Waals surface area contributed by atoms with Crippen LogP contribution < -0.4 is 11.1 Å². The Morgan fingerprint density at radius 3 is 2.81 bits per heavy atom. The lowest BCUT2D eigenvalue weighted by molar-refractivity contribution is -0.146. The normalized spacial score (nSPS) is 17.5. The molecule has 6 rings (SSSR count). The molecule has 0 spiro atoms. The van der Waals surface area contributed by atoms with Crippen molar-refractivity contribution in [1.82, 2.24) is 19.5 Å². The number of carbonyl (C=O) groups excluding carboxylic acids is 1. The minimum atomic E-state index is -0.249. The summed E-state index contributed by atoms with van der Waals surface area (Å²) in [6.45, 7) is 3.38. The third-order valence-electron chi connectivity index (χ3n) is 6.81. The standard InChI is InChI=1S/C27H25ClN6O3/c1-14-9-17(28)10-22-24(14)37-27(33-22)32-18-5-3-16(4-6-18)21-12-34(26-23(21)25(29)30-13-31-26)19-7-8-20(11-19)36-15(2)35/h3-6,9-10,12-13,19-20H,7-8,11H2,1-2H3,(H,32,33)(H2,29,30,31)/t19-,20+/m1/s1. The number of anilines is 3. The molecule has 1 fully saturated rings. The van der Waals surface area contributed by atoms with Gasteiger partial charge in [-0.1, -0.05) is 23.7 Å². The van der Waals surface area contributed by atoms with E-state index in [1.165, 1.54) is 13.3 Å². The number of nitrogens with zero attached hydrogens (tertiary/aromatic N) is 4. The zero-order valence-electron chi connectivity index (χ0n) is 20.4. The number of carbonyl (C=O) groups is 1. The maximum atomic E-state index is 11.4. The van der Waals surface area contributed by atoms with Crippen LogP contribution in [0.25, 0.3) is 33.3 Å². The number of nitrogen functional groups attached to an aromatic ring is 1. The van der Waals surface area contributed by atoms with Gasteiger partial charge >= 0.3 is 5.97 Å². The van der Waals surface area contributed by atoms with Crippen molar-refractivity contribution >= 4 is 57.2 Å². The molecule has 0 amide bonds. The molecule has 3 N–H and O–H groups in total. The fourth-order valence-electron chi connectivity index (χ4n) is 5.18. The molecule has 37 heavy (non-hydrogen) atoms. The molecule has 188 valence electrons. The third-order valence-corrected chi connectivity index (χ3v) is 7.03. The Labute approximate surface area is 217 Å². The number of nitrogens with two attached hydrogens (primary N) is 1. The second-order valence-corrected chi connectivity index (χ2v) is 9.83. The number of halogens is 1. The number of oxazole rings is 1. The second kappa shape index (κ2) is 9.08. The first-order valence-electron chi connectivity index (χ1n) is 12.1. The first-order chi connectivity index (χ1) is 17.9. The van der Waals surface area contributed by atoms with Crippen LogP contribution in [0.1, 0.15) is 37.8 Å². The Morgan fingerprint density at radius 1 is 1.22 bits per heavy atom. The van der Waals surface area contributed by atoms with Gasteiger partial charge in [0.05, 0.1) is 5.39 Å². The maximum Gasteiger partial charge on any atom is 0.302 e. The van der Waals surface area contributed by atoms with Crippen molar-refractivity contribution < 1.29 is 13.9 Å². The van der Waals surface area contributed by atoms with E-state index in [0.717, 1.165) is 52.7 Å². The number of benzene rings is 2. The predicted octanol–water partition coefficient (Wildman–Crippen LogP) is 6.18. The van der Waals surface area contributed by atoms with E-state index in [2.05, 4.69) is 31.0 Å². The molecule has 2 atom stereocenters. The lowest BCUT2D eigenvalue weighted by atomic mass is 10.1. The summed E-state index contributed by atoms with van der Waals surface area (Å²) in [4.78, 5) is 24.7. The Morgan fingerprint density at radius 2 is 2.03 bits per heavy atom. The second-order valence-electron chi connectivity index (χ2n) is 9.40. The first kappa shape index (κ1) is 23.3. The number of ether oxygens (including phenoxy) is 1. The summed E-state index contributed by atoms with van der Waals surface area (Å²) in [6, 6.07) is 12.1. The van der Waals surface area contributed by atoms with Crippen LogP contribution in [0.4, 0.5) is 17.5 Å². The van der Waals surface area contributed by atoms with Crippen molar-refractivity contribution in [2.24, 2.45) is 0 Å². The number of nitrogens with one attached hydrogen (secondary N) is 1. The molecule has 0 unspecified atom stereocenters. The average Bonchev–Trinajstić information content (AvgIpc) is 3.57. The molecule has 1 saturated carbocycles. The fraction of sp³-hybridized carbons (Fsp3) is 0.259. The van der Waals surface area contributed by atoms with Crippen molar-refractivity contribution in [3.05, 3.63) is 59.5 Å². The van der Waals surface area contributed by atoms with E-state index in [-0.39, 0.29) is 18.1 Å². The van der Waals surface area contributed by atoms with Crippen LogP contribution in [0.5, 0.6) is 0 Å². The van der Waals surface area contributed by atoms with E-state index >= 15 is 0 Å². The highest BCUT2D eigenvalue weighted by molar-refractivity contribution is 6.31. The van der Waals surface area contributed by atoms with Gasteiger partial charge in [0.2, 0.25) is 0 Å². The average molecular weight is 517 g/mol. The Balaban J connectivity index is 1.30. The summed E-state index contributed by atoms with van der Waals surface area (Å²) >= 11 is 6.15. The van der Waals surface area contributed by atoms with Crippen LogP contribution in [0, 0.1) is 6.92 Å². The van der Waals surface area contributed by atoms with Crippen LogP contribution in [-0.2, 0) is 9.53 Å². The van der Waals surface area contributed by atoms with E-state index in [0.29, 0.717) is 28.0 Å². The summed E-state index contributed by atoms with van der Waals surface area (Å²) in [5, 5.41) is 4.65. The first-order valence-corrected chi connectivity index (χ1v) is 12.5. The van der Waals surface area contributed by atoms with Crippen molar-refractivity contribution in [2.75, 3.05) is 11.1 Å². The smallest absolute Gasteiger partial charge is 0.302 e. The molecule has 1 aliphatic rings. The Bertz CT molecular complexity index is 1640. The topological polar surface area (TPSA) is 121 Å². The number of aryl methyl sites for hydroxylation is 1. The fourth-order valence-corrected chi connectivity index (χ4v) is 5.45. The van der Waals surface area contributed by atoms with Gasteiger partial charge in [-0.3, -0.25) is 4.79 Å². The van der Waals surface area contributed by atoms with Gasteiger partial charge in [0.25, 0.3) is 6.01 Å². The molecular formula is C27H25ClN6O3. The molecule has 9 nitrogen and oxygen atoms in total. The van der Waals surface area contributed by atoms with Gasteiger partial charge in [-0.25, -0.2) is 9.97 Å². The zero-order valence-corrected chi connectivity index (χ0v) is 21.1. The predicted molar refractivity (Wildman–Crippen MR) is 143 cm³/mol. The summed E-state index contributed by atoms with van der Waals surface area (Å²) in [6.07, 6.45) is 5.93. The van der Waals surface area contributed by atoms with E-state index < -0.39 is 0 Å². The number of esters is 1. The highest BCUT2D eigenvalue weighted by atomic mass is 35.5. The van der Waals surface area contributed by atoms with Crippen LogP contribution in [0.2, 0.25) is 5.02 Å². The van der Waals surface area contributed by atoms with Gasteiger partial charge in [0.1, 0.15) is 29.4 Å². The molecule has 5 aromatic rings. The minimum absolute atomic E-state index is 0.0837. The Kier molecular flexibility index (Phi) is 5.72. The molecule has 0 saturated heterocycles. The van der Waals surface area contributed by atoms with E-state index in [4.69, 9.17) is 26.5 Å². The molecule has 2 aromatic carbocycles. The van der Waals surface area contributed by atoms with Crippen molar-refractivity contribution in [3.63, 3.8) is 0 Å². The van der Waals surface area contributed by atoms with Crippen LogP contribution in [0.15, 0.2) is 53.3 Å². The summed E-state index contributed by atoms with van der Waals surface area (Å²) in [5.74, 6) is 0.178. The summed E-state index contributed by atoms with van der Waals surface area (Å²) in [7, 11) is 0. The van der Waals surface area contributed by atoms with Crippen molar-refractivity contribution in [1.29, 1.82) is 0 Å². The monoisotopic (exact) mass is 516 g/mol. The molecule has 10 heteroatoms. The van der Waals surface area contributed by atoms with Gasteiger partial charge in [-0.15, -0.1) is 0 Å². The van der Waals surface area contributed by atoms with E-state index in [1.54, 1.807) is 6.07 Å². The van der Waals surface area contributed by atoms with E-state index in [1.807, 2.05) is 37.3 Å². The zero-order chi connectivity index (χ0) is 25.7. The minimum Gasteiger partial charge on any atom is -0.462 e. The molecular weight excluding hydrogens is 492 g/mol. The van der Waals surface area contributed by atoms with Crippen molar-refractivity contribution in [2.45, 2.75) is 45.3 Å². The highest BCUT2D eigenvalue weighted by Gasteiger charge is 2.30. The van der Waals surface area contributed by atoms with Gasteiger partial charge < -0.3 is 24.8 Å². The van der Waals surface area contributed by atoms with Crippen molar-refractivity contribution in [3.8, 4) is 11.1 Å². The van der Waals surface area contributed by atoms with Crippen LogP contribution in [-0.4, -0.2) is 31.6 Å². The van der Waals surface area contributed by atoms with Crippen LogP contribution >= 0.6 is 11.6 Å². The maximum absolute atomic E-state index is 11.4. The van der Waals surface area contributed by atoms with E-state index in [9.17, 15) is 4.79 Å². The summed E-state index contributed by atoms with van der Waals surface area (Å²) < 4.78 is 13.5. The number of hydrogen-bond acceptors (Lipinski definition) is 8. The molecule has 0 radical (unpaired) electrons. The number of hydrogen-bond donors (Lipinski definition) is 2. The number of aromatic nitrogens is 4. The molecule has 3 heterocycles. The molecule has 0 bridgehead atoms. The summed E-state index contributed by atoms with van der Waals surface area (Å²) in [5.41, 5.74) is 12.2. The highest BCUT2D eigenvalue weighted by Crippen LogP contribution is 2.40. The quantitative estimate of drug-likeness (QED) is 0.265. The van der Waals surface area contributed by atoms with Gasteiger partial charge in [0.15, 0.2) is 5.58 Å². The largest absolute Gasteiger partial charge is 0.462 e. The van der Waals surface area contributed by atoms with Gasteiger partial charge in [-0.2, -0.15) is 4.98 Å². The number of rotatable bonds is 5.